The van der Waals surface area contributed by atoms with Crippen molar-refractivity contribution in [3.8, 4) is 0 Å². The number of nitrogens with zero attached hydrogens (tertiary/aromatic N) is 4. The number of amidine groups is 1. The van der Waals surface area contributed by atoms with Crippen LogP contribution < -0.4 is 16.6 Å². The molecule has 2 aliphatic rings. The SMILES string of the molecule is NC(=O)c1nc(F)c[nH]c1=O.O=C1N=C2N=CN=C2C(=O)N1. The number of rotatable bonds is 1. The summed E-state index contributed by atoms with van der Waals surface area (Å²) in [6.45, 7) is 0. The lowest BCUT2D eigenvalue weighted by Gasteiger charge is -2.05. The number of halogens is 1. The summed E-state index contributed by atoms with van der Waals surface area (Å²) in [5.41, 5.74) is 3.38. The third kappa shape index (κ3) is 3.12. The highest BCUT2D eigenvalue weighted by Crippen LogP contribution is 2.00. The zero-order valence-electron chi connectivity index (χ0n) is 10.5. The summed E-state index contributed by atoms with van der Waals surface area (Å²) >= 11 is 0. The van der Waals surface area contributed by atoms with E-state index in [9.17, 15) is 23.6 Å². The standard InChI is InChI=1S/C5H4FN3O2.C5H2N4O2/c6-2-1-8-5(11)3(9-2)4(7)10;10-4-2-3(7-1-6-2)8-5(11)9-4/h1H,(H2,7,10)(H,8,11);1H,(H,9,10,11). The van der Waals surface area contributed by atoms with E-state index in [1.54, 1.807) is 0 Å². The van der Waals surface area contributed by atoms with Gasteiger partial charge in [0.15, 0.2) is 17.2 Å². The van der Waals surface area contributed by atoms with Gasteiger partial charge in [-0.3, -0.25) is 19.7 Å². The monoisotopic (exact) mass is 307 g/mol. The van der Waals surface area contributed by atoms with Crippen molar-refractivity contribution in [1.29, 1.82) is 0 Å². The Morgan fingerprint density at radius 3 is 2.64 bits per heavy atom. The Bertz CT molecular complexity index is 823. The van der Waals surface area contributed by atoms with E-state index in [1.807, 2.05) is 10.3 Å². The van der Waals surface area contributed by atoms with Crippen LogP contribution in [0.25, 0.3) is 0 Å². The highest BCUT2D eigenvalue weighted by molar-refractivity contribution is 6.71. The summed E-state index contributed by atoms with van der Waals surface area (Å²) in [7, 11) is 0. The van der Waals surface area contributed by atoms with E-state index in [4.69, 9.17) is 5.73 Å². The van der Waals surface area contributed by atoms with Gasteiger partial charge in [0.25, 0.3) is 17.4 Å². The highest BCUT2D eigenvalue weighted by Gasteiger charge is 2.27. The molecule has 0 spiro atoms. The Labute approximate surface area is 119 Å². The third-order valence-corrected chi connectivity index (χ3v) is 2.21. The van der Waals surface area contributed by atoms with E-state index in [1.165, 1.54) is 6.34 Å². The largest absolute Gasteiger partial charge is 0.364 e. The van der Waals surface area contributed by atoms with Crippen molar-refractivity contribution in [3.05, 3.63) is 28.2 Å². The predicted molar refractivity (Wildman–Crippen MR) is 70.2 cm³/mol. The molecular formula is C10H6FN7O4. The number of hydrogen-bond acceptors (Lipinski definition) is 7. The van der Waals surface area contributed by atoms with Gasteiger partial charge in [0, 0.05) is 0 Å². The Hall–Kier alpha value is -3.57. The smallest absolute Gasteiger partial charge is 0.350 e. The predicted octanol–water partition coefficient (Wildman–Crippen LogP) is -1.87. The van der Waals surface area contributed by atoms with Gasteiger partial charge in [-0.2, -0.15) is 9.38 Å². The average molecular weight is 307 g/mol. The lowest BCUT2D eigenvalue weighted by Crippen LogP contribution is -2.41. The molecule has 0 unspecified atom stereocenters. The zero-order chi connectivity index (χ0) is 16.3. The molecule has 0 bridgehead atoms. The van der Waals surface area contributed by atoms with Crippen LogP contribution in [0.15, 0.2) is 26.0 Å². The van der Waals surface area contributed by atoms with E-state index in [-0.39, 0.29) is 11.5 Å². The molecule has 11 nitrogen and oxygen atoms in total. The topological polar surface area (TPSA) is 172 Å². The van der Waals surface area contributed by atoms with Crippen molar-refractivity contribution in [1.82, 2.24) is 15.3 Å². The first-order valence-corrected chi connectivity index (χ1v) is 5.48. The van der Waals surface area contributed by atoms with Crippen molar-refractivity contribution in [2.75, 3.05) is 0 Å². The van der Waals surface area contributed by atoms with E-state index in [2.05, 4.69) is 20.0 Å². The number of aromatic nitrogens is 2. The van der Waals surface area contributed by atoms with Crippen LogP contribution in [-0.4, -0.2) is 45.7 Å². The number of imide groups is 1. The Morgan fingerprint density at radius 1 is 1.27 bits per heavy atom. The molecule has 4 amide bonds. The lowest BCUT2D eigenvalue weighted by atomic mass is 10.3. The number of urea groups is 1. The quantitative estimate of drug-likeness (QED) is 0.550. The number of carbonyl (C=O) groups excluding carboxylic acids is 3. The average Bonchev–Trinajstić information content (AvgIpc) is 2.90. The second-order valence-electron chi connectivity index (χ2n) is 3.68. The molecule has 0 aromatic carbocycles. The van der Waals surface area contributed by atoms with Crippen molar-refractivity contribution >= 4 is 35.7 Å². The molecule has 0 fully saturated rings. The number of H-pyrrole nitrogens is 1. The molecule has 4 N–H and O–H groups in total. The normalized spacial score (nSPS) is 15.1. The molecule has 3 heterocycles. The molecule has 3 rings (SSSR count). The van der Waals surface area contributed by atoms with Crippen molar-refractivity contribution in [2.45, 2.75) is 0 Å². The van der Waals surface area contributed by atoms with Crippen molar-refractivity contribution in [3.63, 3.8) is 0 Å². The zero-order valence-corrected chi connectivity index (χ0v) is 10.5. The Balaban J connectivity index is 0.000000160. The summed E-state index contributed by atoms with van der Waals surface area (Å²) in [6.07, 6.45) is 1.93. The van der Waals surface area contributed by atoms with Crippen LogP contribution in [0.2, 0.25) is 0 Å². The van der Waals surface area contributed by atoms with E-state index in [0.29, 0.717) is 0 Å². The summed E-state index contributed by atoms with van der Waals surface area (Å²) in [4.78, 5) is 58.0. The maximum atomic E-state index is 12.2. The summed E-state index contributed by atoms with van der Waals surface area (Å²) < 4.78 is 12.2. The van der Waals surface area contributed by atoms with Crippen LogP contribution in [0.5, 0.6) is 0 Å². The first kappa shape index (κ1) is 14.8. The first-order chi connectivity index (χ1) is 10.4. The Morgan fingerprint density at radius 2 is 2.00 bits per heavy atom. The molecule has 22 heavy (non-hydrogen) atoms. The van der Waals surface area contributed by atoms with Crippen molar-refractivity contribution < 1.29 is 18.8 Å². The van der Waals surface area contributed by atoms with Gasteiger partial charge in [0.2, 0.25) is 5.95 Å². The third-order valence-electron chi connectivity index (χ3n) is 2.21. The van der Waals surface area contributed by atoms with E-state index < -0.39 is 35.0 Å². The molecule has 0 saturated carbocycles. The molecule has 2 aliphatic heterocycles. The minimum absolute atomic E-state index is 0.0961. The minimum Gasteiger partial charge on any atom is -0.364 e. The fraction of sp³-hybridized carbons (Fsp3) is 0. The summed E-state index contributed by atoms with van der Waals surface area (Å²) in [6, 6.07) is -0.692. The lowest BCUT2D eigenvalue weighted by molar-refractivity contribution is -0.113. The van der Waals surface area contributed by atoms with Crippen LogP contribution >= 0.6 is 0 Å². The Kier molecular flexibility index (Phi) is 3.92. The number of hydrogen-bond donors (Lipinski definition) is 3. The van der Waals surface area contributed by atoms with Gasteiger partial charge in [0.05, 0.1) is 6.20 Å². The molecule has 0 saturated heterocycles. The molecule has 0 radical (unpaired) electrons. The van der Waals surface area contributed by atoms with Gasteiger partial charge in [-0.15, -0.1) is 0 Å². The number of primary amides is 1. The second kappa shape index (κ2) is 5.82. The molecule has 0 atom stereocenters. The van der Waals surface area contributed by atoms with Crippen LogP contribution in [-0.2, 0) is 4.79 Å². The number of nitrogens with two attached hydrogens (primary N) is 1. The second-order valence-corrected chi connectivity index (χ2v) is 3.68. The number of aromatic amines is 1. The molecule has 0 aliphatic carbocycles. The van der Waals surface area contributed by atoms with Gasteiger partial charge >= 0.3 is 6.03 Å². The van der Waals surface area contributed by atoms with E-state index in [0.717, 1.165) is 6.20 Å². The van der Waals surface area contributed by atoms with Gasteiger partial charge in [-0.1, -0.05) is 0 Å². The van der Waals surface area contributed by atoms with Crippen LogP contribution in [0.3, 0.4) is 0 Å². The van der Waals surface area contributed by atoms with Crippen LogP contribution in [0, 0.1) is 5.95 Å². The first-order valence-electron chi connectivity index (χ1n) is 5.48. The number of fused-ring (bicyclic) bond motifs is 1. The van der Waals surface area contributed by atoms with Gasteiger partial charge in [-0.25, -0.2) is 19.8 Å². The van der Waals surface area contributed by atoms with Crippen LogP contribution in [0.4, 0.5) is 9.18 Å². The number of nitrogens with one attached hydrogen (secondary N) is 2. The molecular weight excluding hydrogens is 301 g/mol. The maximum absolute atomic E-state index is 12.2. The molecule has 1 aromatic rings. The number of carbonyl (C=O) groups is 3. The highest BCUT2D eigenvalue weighted by atomic mass is 19.1. The fourth-order valence-electron chi connectivity index (χ4n) is 1.33. The minimum atomic E-state index is -1.05. The van der Waals surface area contributed by atoms with Crippen LogP contribution in [0.1, 0.15) is 10.5 Å². The molecule has 12 heteroatoms. The fourth-order valence-corrected chi connectivity index (χ4v) is 1.33. The number of aliphatic imine (C=N–C) groups is 3. The number of amides is 4. The summed E-state index contributed by atoms with van der Waals surface area (Å²) in [5, 5.41) is 1.97. The molecule has 112 valence electrons. The van der Waals surface area contributed by atoms with Gasteiger partial charge in [-0.05, 0) is 0 Å². The van der Waals surface area contributed by atoms with Gasteiger partial charge in [0.1, 0.15) is 6.34 Å². The van der Waals surface area contributed by atoms with Gasteiger partial charge < -0.3 is 10.7 Å². The van der Waals surface area contributed by atoms with E-state index >= 15 is 0 Å². The molecule has 1 aromatic heterocycles. The maximum Gasteiger partial charge on any atom is 0.350 e. The summed E-state index contributed by atoms with van der Waals surface area (Å²) in [5.74, 6) is -2.44. The van der Waals surface area contributed by atoms with Crippen molar-refractivity contribution in [2.24, 2.45) is 20.7 Å².